The SMILES string of the molecule is Cc1ccc(C(C)C)cc1C(N)c1ncc(Br)[nH]1. The predicted molar refractivity (Wildman–Crippen MR) is 77.6 cm³/mol. The molecule has 96 valence electrons. The van der Waals surface area contributed by atoms with Gasteiger partial charge < -0.3 is 10.7 Å². The van der Waals surface area contributed by atoms with Gasteiger partial charge in [0.25, 0.3) is 0 Å². The summed E-state index contributed by atoms with van der Waals surface area (Å²) >= 11 is 3.36. The maximum Gasteiger partial charge on any atom is 0.128 e. The number of benzene rings is 1. The maximum absolute atomic E-state index is 6.28. The van der Waals surface area contributed by atoms with Crippen molar-refractivity contribution in [2.45, 2.75) is 32.7 Å². The first-order valence-corrected chi connectivity index (χ1v) is 6.84. The lowest BCUT2D eigenvalue weighted by Gasteiger charge is -2.15. The molecule has 1 heterocycles. The van der Waals surface area contributed by atoms with E-state index in [-0.39, 0.29) is 6.04 Å². The molecule has 0 fully saturated rings. The Morgan fingerprint density at radius 2 is 2.06 bits per heavy atom. The molecule has 0 saturated heterocycles. The molecule has 1 aromatic carbocycles. The lowest BCUT2D eigenvalue weighted by Crippen LogP contribution is -2.15. The van der Waals surface area contributed by atoms with Gasteiger partial charge in [-0.25, -0.2) is 4.98 Å². The van der Waals surface area contributed by atoms with Crippen LogP contribution in [0, 0.1) is 6.92 Å². The molecule has 1 aromatic heterocycles. The van der Waals surface area contributed by atoms with E-state index in [0.29, 0.717) is 5.92 Å². The first kappa shape index (κ1) is 13.3. The highest BCUT2D eigenvalue weighted by Crippen LogP contribution is 2.25. The van der Waals surface area contributed by atoms with Crippen molar-refractivity contribution in [1.82, 2.24) is 9.97 Å². The van der Waals surface area contributed by atoms with Crippen molar-refractivity contribution in [3.05, 3.63) is 51.5 Å². The molecule has 2 rings (SSSR count). The number of H-pyrrole nitrogens is 1. The standard InChI is InChI=1S/C14H18BrN3/c1-8(2)10-5-4-9(3)11(6-10)13(16)14-17-7-12(15)18-14/h4-8,13H,16H2,1-3H3,(H,17,18). The van der Waals surface area contributed by atoms with Crippen LogP contribution in [0.15, 0.2) is 29.0 Å². The minimum absolute atomic E-state index is 0.213. The van der Waals surface area contributed by atoms with E-state index in [1.807, 2.05) is 0 Å². The fourth-order valence-electron chi connectivity index (χ4n) is 1.97. The molecule has 0 aliphatic rings. The van der Waals surface area contributed by atoms with Gasteiger partial charge in [0, 0.05) is 0 Å². The summed E-state index contributed by atoms with van der Waals surface area (Å²) in [5.74, 6) is 1.28. The highest BCUT2D eigenvalue weighted by atomic mass is 79.9. The molecule has 18 heavy (non-hydrogen) atoms. The number of nitrogens with one attached hydrogen (secondary N) is 1. The average Bonchev–Trinajstić information content (AvgIpc) is 2.75. The number of nitrogens with zero attached hydrogens (tertiary/aromatic N) is 1. The molecule has 0 saturated carbocycles. The molecular weight excluding hydrogens is 290 g/mol. The maximum atomic E-state index is 6.28. The zero-order chi connectivity index (χ0) is 13.3. The van der Waals surface area contributed by atoms with Gasteiger partial charge in [-0.15, -0.1) is 0 Å². The van der Waals surface area contributed by atoms with Crippen LogP contribution in [0.3, 0.4) is 0 Å². The zero-order valence-corrected chi connectivity index (χ0v) is 12.5. The van der Waals surface area contributed by atoms with Crippen molar-refractivity contribution in [3.63, 3.8) is 0 Å². The van der Waals surface area contributed by atoms with Crippen LogP contribution in [0.4, 0.5) is 0 Å². The Morgan fingerprint density at radius 1 is 1.33 bits per heavy atom. The summed E-state index contributed by atoms with van der Waals surface area (Å²) in [5, 5.41) is 0. The molecule has 4 heteroatoms. The Balaban J connectivity index is 2.40. The van der Waals surface area contributed by atoms with Crippen molar-refractivity contribution in [3.8, 4) is 0 Å². The summed E-state index contributed by atoms with van der Waals surface area (Å²) in [4.78, 5) is 7.41. The first-order chi connectivity index (χ1) is 8.49. The summed E-state index contributed by atoms with van der Waals surface area (Å²) < 4.78 is 0.852. The number of imidazole rings is 1. The number of aryl methyl sites for hydroxylation is 1. The van der Waals surface area contributed by atoms with Gasteiger partial charge in [0.2, 0.25) is 0 Å². The number of hydrogen-bond donors (Lipinski definition) is 2. The van der Waals surface area contributed by atoms with Gasteiger partial charge in [-0.3, -0.25) is 0 Å². The van der Waals surface area contributed by atoms with E-state index in [2.05, 4.69) is 64.9 Å². The van der Waals surface area contributed by atoms with Gasteiger partial charge in [0.05, 0.1) is 12.2 Å². The van der Waals surface area contributed by atoms with Gasteiger partial charge in [0.1, 0.15) is 10.4 Å². The Hall–Kier alpha value is -1.13. The molecular formula is C14H18BrN3. The van der Waals surface area contributed by atoms with Crippen LogP contribution >= 0.6 is 15.9 Å². The number of aromatic nitrogens is 2. The number of rotatable bonds is 3. The smallest absolute Gasteiger partial charge is 0.128 e. The van der Waals surface area contributed by atoms with Gasteiger partial charge in [-0.2, -0.15) is 0 Å². The van der Waals surface area contributed by atoms with E-state index < -0.39 is 0 Å². The van der Waals surface area contributed by atoms with Gasteiger partial charge in [-0.05, 0) is 45.5 Å². The second-order valence-electron chi connectivity index (χ2n) is 4.86. The second kappa shape index (κ2) is 5.24. The van der Waals surface area contributed by atoms with Gasteiger partial charge in [-0.1, -0.05) is 32.0 Å². The Morgan fingerprint density at radius 3 is 2.61 bits per heavy atom. The summed E-state index contributed by atoms with van der Waals surface area (Å²) in [6, 6.07) is 6.26. The zero-order valence-electron chi connectivity index (χ0n) is 10.9. The molecule has 0 radical (unpaired) electrons. The number of nitrogens with two attached hydrogens (primary N) is 1. The molecule has 1 atom stereocenters. The molecule has 0 aliphatic heterocycles. The monoisotopic (exact) mass is 307 g/mol. The lowest BCUT2D eigenvalue weighted by molar-refractivity contribution is 0.783. The van der Waals surface area contributed by atoms with Crippen molar-refractivity contribution in [2.75, 3.05) is 0 Å². The Bertz CT molecular complexity index is 546. The summed E-state index contributed by atoms with van der Waals surface area (Å²) in [7, 11) is 0. The molecule has 0 bridgehead atoms. The summed E-state index contributed by atoms with van der Waals surface area (Å²) in [5.41, 5.74) is 9.91. The molecule has 2 aromatic rings. The van der Waals surface area contributed by atoms with Crippen molar-refractivity contribution in [2.24, 2.45) is 5.73 Å². The molecule has 3 N–H and O–H groups in total. The minimum atomic E-state index is -0.213. The van der Waals surface area contributed by atoms with Gasteiger partial charge in [0.15, 0.2) is 0 Å². The molecule has 0 aliphatic carbocycles. The van der Waals surface area contributed by atoms with Gasteiger partial charge >= 0.3 is 0 Å². The fourth-order valence-corrected chi connectivity index (χ4v) is 2.28. The third-order valence-electron chi connectivity index (χ3n) is 3.16. The fraction of sp³-hybridized carbons (Fsp3) is 0.357. The average molecular weight is 308 g/mol. The Labute approximate surface area is 116 Å². The molecule has 3 nitrogen and oxygen atoms in total. The van der Waals surface area contributed by atoms with Crippen LogP contribution in [0.1, 0.15) is 48.3 Å². The molecule has 0 spiro atoms. The van der Waals surface area contributed by atoms with E-state index in [1.54, 1.807) is 6.20 Å². The first-order valence-electron chi connectivity index (χ1n) is 6.05. The minimum Gasteiger partial charge on any atom is -0.335 e. The molecule has 0 amide bonds. The lowest BCUT2D eigenvalue weighted by atomic mass is 9.94. The molecule has 1 unspecified atom stereocenters. The summed E-state index contributed by atoms with van der Waals surface area (Å²) in [6.07, 6.45) is 1.73. The summed E-state index contributed by atoms with van der Waals surface area (Å²) in [6.45, 7) is 6.45. The van der Waals surface area contributed by atoms with E-state index in [4.69, 9.17) is 5.73 Å². The van der Waals surface area contributed by atoms with E-state index >= 15 is 0 Å². The largest absolute Gasteiger partial charge is 0.335 e. The number of aromatic amines is 1. The topological polar surface area (TPSA) is 54.7 Å². The predicted octanol–water partition coefficient (Wildman–Crippen LogP) is 3.65. The quantitative estimate of drug-likeness (QED) is 0.909. The number of halogens is 1. The van der Waals surface area contributed by atoms with Crippen LogP contribution in [-0.4, -0.2) is 9.97 Å². The second-order valence-corrected chi connectivity index (χ2v) is 5.72. The van der Waals surface area contributed by atoms with Crippen LogP contribution in [-0.2, 0) is 0 Å². The highest BCUT2D eigenvalue weighted by Gasteiger charge is 2.15. The van der Waals surface area contributed by atoms with Crippen LogP contribution < -0.4 is 5.73 Å². The van der Waals surface area contributed by atoms with Crippen molar-refractivity contribution in [1.29, 1.82) is 0 Å². The van der Waals surface area contributed by atoms with Crippen LogP contribution in [0.2, 0.25) is 0 Å². The van der Waals surface area contributed by atoms with E-state index in [0.717, 1.165) is 16.0 Å². The third-order valence-corrected chi connectivity index (χ3v) is 3.57. The van der Waals surface area contributed by atoms with E-state index in [9.17, 15) is 0 Å². The van der Waals surface area contributed by atoms with Crippen LogP contribution in [0.25, 0.3) is 0 Å². The highest BCUT2D eigenvalue weighted by molar-refractivity contribution is 9.10. The Kier molecular flexibility index (Phi) is 3.88. The third kappa shape index (κ3) is 2.65. The van der Waals surface area contributed by atoms with Crippen LogP contribution in [0.5, 0.6) is 0 Å². The number of hydrogen-bond acceptors (Lipinski definition) is 2. The van der Waals surface area contributed by atoms with E-state index in [1.165, 1.54) is 11.1 Å². The normalized spacial score (nSPS) is 13.0. The van der Waals surface area contributed by atoms with Crippen molar-refractivity contribution < 1.29 is 0 Å². The van der Waals surface area contributed by atoms with Crippen molar-refractivity contribution >= 4 is 15.9 Å².